The van der Waals surface area contributed by atoms with Crippen molar-refractivity contribution in [3.8, 4) is 5.75 Å². The second-order valence-corrected chi connectivity index (χ2v) is 14.3. The predicted octanol–water partition coefficient (Wildman–Crippen LogP) is -2.50. The van der Waals surface area contributed by atoms with E-state index in [1.807, 2.05) is 11.8 Å². The lowest BCUT2D eigenvalue weighted by Gasteiger charge is -2.39. The Labute approximate surface area is 345 Å². The second-order valence-electron chi connectivity index (χ2n) is 14.3. The van der Waals surface area contributed by atoms with E-state index in [9.17, 15) is 69.8 Å². The molecule has 0 aliphatic carbocycles. The van der Waals surface area contributed by atoms with Gasteiger partial charge in [-0.05, 0) is 18.6 Å². The van der Waals surface area contributed by atoms with Crippen LogP contribution in [0, 0.1) is 10.1 Å². The van der Waals surface area contributed by atoms with E-state index in [-0.39, 0.29) is 96.3 Å². The zero-order valence-electron chi connectivity index (χ0n) is 33.4. The number of rotatable bonds is 20. The number of aliphatic carboxylic acids is 3. The van der Waals surface area contributed by atoms with Crippen LogP contribution in [-0.4, -0.2) is 212 Å². The Hall–Kier alpha value is -4.79. The molecule has 0 bridgehead atoms. The van der Waals surface area contributed by atoms with Crippen LogP contribution in [-0.2, 0) is 35.3 Å². The van der Waals surface area contributed by atoms with Gasteiger partial charge in [0.1, 0.15) is 36.8 Å². The minimum atomic E-state index is -1.76. The molecule has 9 N–H and O–H groups in total. The molecule has 0 aromatic heterocycles. The Morgan fingerprint density at radius 2 is 1.48 bits per heavy atom. The number of ether oxygens (including phenoxy) is 3. The Morgan fingerprint density at radius 1 is 0.883 bits per heavy atom. The van der Waals surface area contributed by atoms with E-state index >= 15 is 0 Å². The van der Waals surface area contributed by atoms with Crippen molar-refractivity contribution >= 4 is 35.6 Å². The molecular formula is C36H57N7O17. The fourth-order valence-electron chi connectivity index (χ4n) is 6.52. The van der Waals surface area contributed by atoms with Gasteiger partial charge in [0.2, 0.25) is 12.2 Å². The molecule has 2 amide bonds. The number of aliphatic hydroxyl groups is 4. The lowest BCUT2D eigenvalue weighted by atomic mass is 9.99. The highest BCUT2D eigenvalue weighted by molar-refractivity contribution is 5.83. The van der Waals surface area contributed by atoms with Crippen LogP contribution < -0.4 is 15.4 Å². The van der Waals surface area contributed by atoms with Crippen molar-refractivity contribution in [2.45, 2.75) is 76.1 Å². The summed E-state index contributed by atoms with van der Waals surface area (Å²) < 4.78 is 15.9. The number of amides is 2. The molecule has 24 nitrogen and oxygen atoms in total. The quantitative estimate of drug-likeness (QED) is 0.0372. The lowest BCUT2D eigenvalue weighted by Crippen LogP contribution is -2.60. The molecule has 2 saturated heterocycles. The molecule has 2 fully saturated rings. The second kappa shape index (κ2) is 25.1. The third-order valence-corrected chi connectivity index (χ3v) is 9.90. The van der Waals surface area contributed by atoms with E-state index in [1.165, 1.54) is 17.0 Å². The summed E-state index contributed by atoms with van der Waals surface area (Å²) in [7, 11) is 0. The first kappa shape index (κ1) is 49.6. The molecule has 0 radical (unpaired) electrons. The van der Waals surface area contributed by atoms with Crippen molar-refractivity contribution in [3.05, 3.63) is 33.9 Å². The SMILES string of the molecule is CCCCCC(=O)NC(C(=O)O)N1CCN(CC(=O)O)CCN(CCNC(=O)OCc2ccc(OC3OC(CO)C(O)C(O)C3O)cc2[N+](=O)[O-])CCN(CC(=O)O)CC1. The van der Waals surface area contributed by atoms with Crippen molar-refractivity contribution in [1.82, 2.24) is 30.2 Å². The smallest absolute Gasteiger partial charge is 0.407 e. The minimum Gasteiger partial charge on any atom is -0.480 e. The van der Waals surface area contributed by atoms with E-state index in [0.717, 1.165) is 18.9 Å². The number of nitro groups is 1. The van der Waals surface area contributed by atoms with Gasteiger partial charge in [0.25, 0.3) is 5.69 Å². The third kappa shape index (κ3) is 16.3. The summed E-state index contributed by atoms with van der Waals surface area (Å²) in [6, 6.07) is 3.48. The van der Waals surface area contributed by atoms with Crippen LogP contribution >= 0.6 is 0 Å². The highest BCUT2D eigenvalue weighted by Crippen LogP contribution is 2.29. The largest absolute Gasteiger partial charge is 0.480 e. The molecule has 2 heterocycles. The van der Waals surface area contributed by atoms with Crippen molar-refractivity contribution in [3.63, 3.8) is 0 Å². The van der Waals surface area contributed by atoms with E-state index in [2.05, 4.69) is 10.6 Å². The zero-order chi connectivity index (χ0) is 44.4. The molecule has 6 unspecified atom stereocenters. The fourth-order valence-corrected chi connectivity index (χ4v) is 6.52. The van der Waals surface area contributed by atoms with E-state index in [0.29, 0.717) is 6.42 Å². The number of nitrogens with one attached hydrogen (secondary N) is 2. The molecule has 24 heteroatoms. The maximum atomic E-state index is 12.7. The van der Waals surface area contributed by atoms with Crippen LogP contribution in [0.5, 0.6) is 5.75 Å². The molecule has 6 atom stereocenters. The van der Waals surface area contributed by atoms with Crippen molar-refractivity contribution in [1.29, 1.82) is 0 Å². The molecular weight excluding hydrogens is 802 g/mol. The number of aliphatic hydroxyl groups excluding tert-OH is 4. The first-order valence-corrected chi connectivity index (χ1v) is 19.5. The molecule has 338 valence electrons. The van der Waals surface area contributed by atoms with E-state index < -0.39 is 90.6 Å². The number of carboxylic acid groups (broad SMARTS) is 3. The average molecular weight is 860 g/mol. The topological polar surface area (TPSA) is 335 Å². The molecule has 2 aliphatic heterocycles. The molecule has 1 aromatic rings. The summed E-state index contributed by atoms with van der Waals surface area (Å²) in [4.78, 5) is 78.8. The molecule has 0 spiro atoms. The number of unbranched alkanes of at least 4 members (excludes halogenated alkanes) is 2. The summed E-state index contributed by atoms with van der Waals surface area (Å²) in [5.74, 6) is -4.16. The van der Waals surface area contributed by atoms with Gasteiger partial charge in [-0.15, -0.1) is 0 Å². The molecule has 60 heavy (non-hydrogen) atoms. The first-order valence-electron chi connectivity index (χ1n) is 19.5. The number of hydrogen-bond acceptors (Lipinski definition) is 18. The zero-order valence-corrected chi connectivity index (χ0v) is 33.4. The number of nitro benzene ring substituents is 1. The van der Waals surface area contributed by atoms with Gasteiger partial charge < -0.3 is 60.6 Å². The lowest BCUT2D eigenvalue weighted by molar-refractivity contribution is -0.386. The number of carbonyl (C=O) groups excluding carboxylic acids is 2. The van der Waals surface area contributed by atoms with Crippen LogP contribution in [0.2, 0.25) is 0 Å². The number of nitrogens with zero attached hydrogens (tertiary/aromatic N) is 5. The van der Waals surface area contributed by atoms with Crippen LogP contribution in [0.15, 0.2) is 18.2 Å². The Balaban J connectivity index is 1.63. The monoisotopic (exact) mass is 859 g/mol. The van der Waals surface area contributed by atoms with E-state index in [1.54, 1.807) is 9.80 Å². The standard InChI is InChI=1S/C36H57N7O17/c1-2-3-4-5-27(45)38-33(34(53)54)42-16-14-40(19-28(46)47)12-10-39(11-13-41(15-17-42)20-29(48)49)9-8-37-36(55)58-22-23-6-7-24(18-25(23)43(56)57)59-35-32(52)31(51)30(50)26(21-44)60-35/h6-7,18,26,30-33,35,44,50-52H,2-5,8-17,19-22H2,1H3,(H,37,55)(H,38,45)(H,46,47)(H,48,49)(H,53,54). The minimum absolute atomic E-state index is 0.0106. The maximum absolute atomic E-state index is 12.7. The fraction of sp³-hybridized carbons (Fsp3) is 0.694. The normalized spacial score (nSPS) is 23.3. The Kier molecular flexibility index (Phi) is 20.7. The summed E-state index contributed by atoms with van der Waals surface area (Å²) in [5.41, 5.74) is -0.547. The Bertz CT molecular complexity index is 1560. The van der Waals surface area contributed by atoms with Gasteiger partial charge >= 0.3 is 24.0 Å². The van der Waals surface area contributed by atoms with Crippen LogP contribution in [0.25, 0.3) is 0 Å². The van der Waals surface area contributed by atoms with Gasteiger partial charge in [-0.25, -0.2) is 9.59 Å². The number of carbonyl (C=O) groups is 5. The summed E-state index contributed by atoms with van der Waals surface area (Å²) in [6.45, 7) is 1.42. The number of alkyl carbamates (subject to hydrolysis) is 1. The Morgan fingerprint density at radius 3 is 2.03 bits per heavy atom. The average Bonchev–Trinajstić information content (AvgIpc) is 3.19. The summed E-state index contributed by atoms with van der Waals surface area (Å²) >= 11 is 0. The molecule has 1 aromatic carbocycles. The highest BCUT2D eigenvalue weighted by atomic mass is 16.7. The predicted molar refractivity (Wildman–Crippen MR) is 206 cm³/mol. The summed E-state index contributed by atoms with van der Waals surface area (Å²) in [6.07, 6.45) is -7.96. The molecule has 3 rings (SSSR count). The molecule has 0 saturated carbocycles. The number of benzene rings is 1. The molecule has 2 aliphatic rings. The van der Waals surface area contributed by atoms with Crippen molar-refractivity contribution in [2.75, 3.05) is 85.1 Å². The van der Waals surface area contributed by atoms with Crippen LogP contribution in [0.1, 0.15) is 38.2 Å². The van der Waals surface area contributed by atoms with Gasteiger partial charge in [0, 0.05) is 71.9 Å². The van der Waals surface area contributed by atoms with E-state index in [4.69, 9.17) is 14.2 Å². The third-order valence-electron chi connectivity index (χ3n) is 9.90. The maximum Gasteiger partial charge on any atom is 0.407 e. The number of carboxylic acids is 3. The first-order chi connectivity index (χ1) is 28.5. The van der Waals surface area contributed by atoms with Crippen molar-refractivity contribution in [2.24, 2.45) is 0 Å². The van der Waals surface area contributed by atoms with Gasteiger partial charge in [-0.3, -0.25) is 44.1 Å². The summed E-state index contributed by atoms with van der Waals surface area (Å²) in [5, 5.41) is 85.8. The highest BCUT2D eigenvalue weighted by Gasteiger charge is 2.45. The van der Waals surface area contributed by atoms with Gasteiger partial charge in [0.15, 0.2) is 6.17 Å². The number of hydrogen-bond donors (Lipinski definition) is 9. The van der Waals surface area contributed by atoms with Crippen LogP contribution in [0.3, 0.4) is 0 Å². The van der Waals surface area contributed by atoms with Gasteiger partial charge in [-0.1, -0.05) is 19.8 Å². The van der Waals surface area contributed by atoms with Crippen LogP contribution in [0.4, 0.5) is 10.5 Å². The van der Waals surface area contributed by atoms with Crippen molar-refractivity contribution < 1.29 is 78.9 Å². The van der Waals surface area contributed by atoms with Gasteiger partial charge in [-0.2, -0.15) is 0 Å². The van der Waals surface area contributed by atoms with Gasteiger partial charge in [0.05, 0.1) is 36.2 Å².